The van der Waals surface area contributed by atoms with Crippen molar-refractivity contribution in [1.29, 1.82) is 0 Å². The fraction of sp³-hybridized carbons (Fsp3) is 0.483. The second-order valence-corrected chi connectivity index (χ2v) is 23.1. The van der Waals surface area contributed by atoms with Crippen molar-refractivity contribution in [2.75, 3.05) is 24.3 Å². The number of carbonyl (C=O) groups excluding carboxylic acids is 1. The van der Waals surface area contributed by atoms with Crippen LogP contribution in [0.5, 0.6) is 0 Å². The van der Waals surface area contributed by atoms with Gasteiger partial charge in [0.25, 0.3) is 0 Å². The van der Waals surface area contributed by atoms with Crippen LogP contribution in [0.2, 0.25) is 13.3 Å². The molecular weight excluding hydrogens is 511 g/mol. The molecule has 1 aliphatic rings. The number of rotatable bonds is 12. The van der Waals surface area contributed by atoms with Gasteiger partial charge in [0.2, 0.25) is 0 Å². The van der Waals surface area contributed by atoms with Crippen molar-refractivity contribution in [1.82, 2.24) is 0 Å². The normalized spacial score (nSPS) is 14.5. The number of hydrogen-bond donors (Lipinski definition) is 1. The van der Waals surface area contributed by atoms with Crippen LogP contribution in [0.25, 0.3) is 11.6 Å². The monoisotopic (exact) mass is 554 g/mol. The summed E-state index contributed by atoms with van der Waals surface area (Å²) in [7, 11) is 4.09. The summed E-state index contributed by atoms with van der Waals surface area (Å²) in [4.78, 5) is 15.0. The van der Waals surface area contributed by atoms with Gasteiger partial charge in [0.05, 0.1) is 0 Å². The minimum atomic E-state index is -2.55. The summed E-state index contributed by atoms with van der Waals surface area (Å²) in [6.45, 7) is 6.97. The van der Waals surface area contributed by atoms with Crippen molar-refractivity contribution in [3.8, 4) is 0 Å². The topological polar surface area (TPSA) is 32.3 Å². The van der Waals surface area contributed by atoms with E-state index >= 15 is 0 Å². The molecular formula is C29H42N2OSn. The number of nitrogens with one attached hydrogen (secondary N) is 1. The third kappa shape index (κ3) is 6.23. The first-order valence-electron chi connectivity index (χ1n) is 12.9. The van der Waals surface area contributed by atoms with Crippen molar-refractivity contribution in [3.63, 3.8) is 0 Å². The molecule has 1 aliphatic heterocycles. The Morgan fingerprint density at radius 3 is 1.94 bits per heavy atom. The summed E-state index contributed by atoms with van der Waals surface area (Å²) in [6, 6.07) is 15.4. The molecule has 4 heteroatoms. The van der Waals surface area contributed by atoms with Gasteiger partial charge in [0, 0.05) is 0 Å². The molecule has 2 aromatic carbocycles. The molecule has 0 unspecified atom stereocenters. The zero-order valence-electron chi connectivity index (χ0n) is 21.3. The maximum atomic E-state index is 12.9. The molecule has 1 amide bonds. The van der Waals surface area contributed by atoms with Gasteiger partial charge in [-0.25, -0.2) is 0 Å². The van der Waals surface area contributed by atoms with Gasteiger partial charge in [0.15, 0.2) is 0 Å². The van der Waals surface area contributed by atoms with Gasteiger partial charge < -0.3 is 0 Å². The zero-order chi connectivity index (χ0) is 23.8. The second kappa shape index (κ2) is 12.1. The molecule has 1 heterocycles. The maximum absolute atomic E-state index is 12.9. The second-order valence-electron chi connectivity index (χ2n) is 9.85. The Kier molecular flexibility index (Phi) is 9.48. The number of benzene rings is 2. The standard InChI is InChI=1S/C17H15N2O.3C4H9.Sn/c1-19(2)13-9-7-12(8-10-13)11-15-14-5-3-4-6-16(14)18-17(15)20;3*1-3-4-2;/h4-11H,1-2H3,(H,18,20);3*1,3-4H2,2H3;/b15-11+;;;;. The summed E-state index contributed by atoms with van der Waals surface area (Å²) in [5.74, 6) is 0.0234. The van der Waals surface area contributed by atoms with E-state index in [2.05, 4.69) is 79.5 Å². The van der Waals surface area contributed by atoms with Crippen LogP contribution < -0.4 is 13.8 Å². The number of amides is 1. The van der Waals surface area contributed by atoms with Crippen molar-refractivity contribution in [3.05, 3.63) is 53.6 Å². The predicted octanol–water partition coefficient (Wildman–Crippen LogP) is 7.30. The molecule has 1 N–H and O–H groups in total. The Labute approximate surface area is 205 Å². The van der Waals surface area contributed by atoms with Crippen LogP contribution in [0.1, 0.15) is 70.4 Å². The van der Waals surface area contributed by atoms with Gasteiger partial charge in [-0.15, -0.1) is 0 Å². The van der Waals surface area contributed by atoms with Crippen LogP contribution in [0, 0.1) is 0 Å². The molecule has 0 atom stereocenters. The minimum absolute atomic E-state index is 0.0234. The van der Waals surface area contributed by atoms with Crippen LogP contribution in [-0.4, -0.2) is 38.4 Å². The van der Waals surface area contributed by atoms with Crippen molar-refractivity contribution >= 4 is 50.9 Å². The Morgan fingerprint density at radius 2 is 1.42 bits per heavy atom. The van der Waals surface area contributed by atoms with E-state index in [9.17, 15) is 4.79 Å². The predicted molar refractivity (Wildman–Crippen MR) is 148 cm³/mol. The Hall–Kier alpha value is -1.75. The number of unbranched alkanes of at least 4 members (excludes halogenated alkanes) is 3. The van der Waals surface area contributed by atoms with E-state index in [1.54, 1.807) is 3.58 Å². The number of anilines is 2. The van der Waals surface area contributed by atoms with Crippen molar-refractivity contribution < 1.29 is 4.79 Å². The molecule has 0 aromatic heterocycles. The quantitative estimate of drug-likeness (QED) is 0.221. The molecule has 0 saturated carbocycles. The summed E-state index contributed by atoms with van der Waals surface area (Å²) < 4.78 is 5.95. The molecule has 0 spiro atoms. The van der Waals surface area contributed by atoms with Crippen LogP contribution in [-0.2, 0) is 4.79 Å². The van der Waals surface area contributed by atoms with E-state index < -0.39 is 18.4 Å². The van der Waals surface area contributed by atoms with E-state index in [1.165, 1.54) is 51.8 Å². The SMILES string of the molecule is CCC[CH2][Sn]([CH2]CCC)([CH2]CCC)[c]1ccc2c(c1)/C(=C\c1ccc(N(C)C)cc1)C(=O)N2. The first kappa shape index (κ1) is 25.9. The number of hydrogen-bond acceptors (Lipinski definition) is 2. The van der Waals surface area contributed by atoms with Crippen LogP contribution in [0.3, 0.4) is 0 Å². The van der Waals surface area contributed by atoms with E-state index in [0.717, 1.165) is 28.1 Å². The van der Waals surface area contributed by atoms with E-state index in [1.807, 2.05) is 14.1 Å². The fourth-order valence-electron chi connectivity index (χ4n) is 5.05. The van der Waals surface area contributed by atoms with Gasteiger partial charge in [-0.3, -0.25) is 0 Å². The molecule has 33 heavy (non-hydrogen) atoms. The van der Waals surface area contributed by atoms with E-state index in [-0.39, 0.29) is 5.91 Å². The molecule has 0 fully saturated rings. The Balaban J connectivity index is 2.02. The molecule has 0 saturated heterocycles. The fourth-order valence-corrected chi connectivity index (χ4v) is 21.0. The first-order valence-corrected chi connectivity index (χ1v) is 20.4. The van der Waals surface area contributed by atoms with Crippen LogP contribution in [0.15, 0.2) is 42.5 Å². The summed E-state index contributed by atoms with van der Waals surface area (Å²) in [6.07, 6.45) is 9.92. The van der Waals surface area contributed by atoms with Gasteiger partial charge in [0.1, 0.15) is 0 Å². The van der Waals surface area contributed by atoms with Gasteiger partial charge >= 0.3 is 206 Å². The first-order chi connectivity index (χ1) is 15.9. The van der Waals surface area contributed by atoms with E-state index in [0.29, 0.717) is 0 Å². The van der Waals surface area contributed by atoms with Gasteiger partial charge in [-0.1, -0.05) is 0 Å². The number of fused-ring (bicyclic) bond motifs is 1. The molecule has 0 bridgehead atoms. The Bertz CT molecular complexity index is 940. The molecule has 2 aromatic rings. The third-order valence-electron chi connectivity index (χ3n) is 7.16. The zero-order valence-corrected chi connectivity index (χ0v) is 24.2. The molecule has 0 radical (unpaired) electrons. The number of carbonyl (C=O) groups is 1. The Morgan fingerprint density at radius 1 is 0.848 bits per heavy atom. The summed E-state index contributed by atoms with van der Waals surface area (Å²) in [5, 5.41) is 3.11. The summed E-state index contributed by atoms with van der Waals surface area (Å²) in [5.41, 5.74) is 5.13. The van der Waals surface area contributed by atoms with Crippen molar-refractivity contribution in [2.24, 2.45) is 0 Å². The van der Waals surface area contributed by atoms with Gasteiger partial charge in [-0.2, -0.15) is 0 Å². The molecule has 178 valence electrons. The van der Waals surface area contributed by atoms with Crippen molar-refractivity contribution in [2.45, 2.75) is 72.6 Å². The molecule has 0 aliphatic carbocycles. The number of nitrogens with zero attached hydrogens (tertiary/aromatic N) is 1. The third-order valence-corrected chi connectivity index (χ3v) is 22.8. The van der Waals surface area contributed by atoms with Crippen LogP contribution in [0.4, 0.5) is 11.4 Å². The average molecular weight is 553 g/mol. The van der Waals surface area contributed by atoms with Gasteiger partial charge in [-0.05, 0) is 0 Å². The summed E-state index contributed by atoms with van der Waals surface area (Å²) >= 11 is -2.55. The molecule has 3 nitrogen and oxygen atoms in total. The van der Waals surface area contributed by atoms with Crippen LogP contribution >= 0.6 is 0 Å². The molecule has 3 rings (SSSR count). The van der Waals surface area contributed by atoms with E-state index in [4.69, 9.17) is 0 Å². The average Bonchev–Trinajstić information content (AvgIpc) is 3.13.